The number of ether oxygens (including phenoxy) is 7. The third-order valence-electron chi connectivity index (χ3n) is 5.19. The van der Waals surface area contributed by atoms with E-state index in [1.165, 1.54) is 0 Å². The normalized spacial score (nSPS) is 18.3. The zero-order valence-electron chi connectivity index (χ0n) is 17.7. The molecule has 0 aromatic heterocycles. The monoisotopic (exact) mass is 404 g/mol. The van der Waals surface area contributed by atoms with Crippen LogP contribution in [-0.4, -0.2) is 42.7 Å². The smallest absolute Gasteiger partial charge is 0.164 e. The van der Waals surface area contributed by atoms with Crippen LogP contribution in [0.5, 0.6) is 34.5 Å². The van der Waals surface area contributed by atoms with Crippen LogP contribution >= 0.6 is 0 Å². The molecule has 0 saturated carbocycles. The first kappa shape index (κ1) is 20.9. The van der Waals surface area contributed by atoms with Crippen molar-refractivity contribution < 1.29 is 33.2 Å². The molecule has 0 spiro atoms. The molecule has 1 heterocycles. The Bertz CT molecular complexity index is 780. The molecule has 1 aliphatic heterocycles. The number of benzene rings is 2. The predicted molar refractivity (Wildman–Crippen MR) is 108 cm³/mol. The first-order chi connectivity index (χ1) is 14.1. The predicted octanol–water partition coefficient (Wildman–Crippen LogP) is 4.33. The summed E-state index contributed by atoms with van der Waals surface area (Å²) in [6.07, 6.45) is 1.36. The molecule has 1 saturated heterocycles. The molecule has 2 aromatic rings. The quantitative estimate of drug-likeness (QED) is 0.649. The van der Waals surface area contributed by atoms with Crippen LogP contribution in [-0.2, 0) is 4.74 Å². The fourth-order valence-electron chi connectivity index (χ4n) is 3.70. The van der Waals surface area contributed by atoms with Crippen molar-refractivity contribution in [2.45, 2.75) is 25.0 Å². The summed E-state index contributed by atoms with van der Waals surface area (Å²) in [5.41, 5.74) is 1.85. The van der Waals surface area contributed by atoms with Gasteiger partial charge in [-0.05, 0) is 25.0 Å². The Morgan fingerprint density at radius 2 is 0.828 bits per heavy atom. The summed E-state index contributed by atoms with van der Waals surface area (Å²) < 4.78 is 39.2. The Kier molecular flexibility index (Phi) is 6.59. The third kappa shape index (κ3) is 4.00. The molecule has 3 rings (SSSR count). The van der Waals surface area contributed by atoms with Crippen LogP contribution in [0.15, 0.2) is 24.3 Å². The van der Waals surface area contributed by atoms with Crippen LogP contribution in [0.3, 0.4) is 0 Å². The van der Waals surface area contributed by atoms with E-state index in [4.69, 9.17) is 33.2 Å². The zero-order valence-corrected chi connectivity index (χ0v) is 17.7. The first-order valence-electron chi connectivity index (χ1n) is 9.35. The maximum absolute atomic E-state index is 6.41. The Balaban J connectivity index is 1.93. The van der Waals surface area contributed by atoms with Crippen LogP contribution in [0.1, 0.15) is 36.2 Å². The molecule has 2 aromatic carbocycles. The maximum Gasteiger partial charge on any atom is 0.164 e. The topological polar surface area (TPSA) is 64.6 Å². The molecule has 0 amide bonds. The van der Waals surface area contributed by atoms with Crippen molar-refractivity contribution in [2.75, 3.05) is 42.7 Å². The van der Waals surface area contributed by atoms with Gasteiger partial charge in [0.25, 0.3) is 0 Å². The molecule has 1 aliphatic rings. The van der Waals surface area contributed by atoms with E-state index < -0.39 is 0 Å². The second kappa shape index (κ2) is 9.13. The van der Waals surface area contributed by atoms with Gasteiger partial charge in [0.2, 0.25) is 0 Å². The van der Waals surface area contributed by atoms with Gasteiger partial charge in [0, 0.05) is 23.3 Å². The number of hydrogen-bond donors (Lipinski definition) is 0. The van der Waals surface area contributed by atoms with Gasteiger partial charge in [0.1, 0.15) is 11.5 Å². The third-order valence-corrected chi connectivity index (χ3v) is 5.19. The van der Waals surface area contributed by atoms with Crippen molar-refractivity contribution in [3.8, 4) is 34.5 Å². The van der Waals surface area contributed by atoms with Crippen molar-refractivity contribution in [3.05, 3.63) is 35.4 Å². The minimum absolute atomic E-state index is 0.146. The van der Waals surface area contributed by atoms with Crippen LogP contribution in [0.4, 0.5) is 0 Å². The first-order valence-corrected chi connectivity index (χ1v) is 9.35. The van der Waals surface area contributed by atoms with E-state index in [9.17, 15) is 0 Å². The molecule has 0 aliphatic carbocycles. The van der Waals surface area contributed by atoms with Crippen molar-refractivity contribution in [3.63, 3.8) is 0 Å². The van der Waals surface area contributed by atoms with Crippen LogP contribution in [0, 0.1) is 0 Å². The summed E-state index contributed by atoms with van der Waals surface area (Å²) in [5.74, 6) is 3.91. The molecule has 0 unspecified atom stereocenters. The molecule has 2 atom stereocenters. The number of hydrogen-bond acceptors (Lipinski definition) is 7. The Morgan fingerprint density at radius 1 is 0.517 bits per heavy atom. The van der Waals surface area contributed by atoms with Gasteiger partial charge in [0.05, 0.1) is 54.9 Å². The highest BCUT2D eigenvalue weighted by atomic mass is 16.5. The molecule has 0 N–H and O–H groups in total. The second-order valence-electron chi connectivity index (χ2n) is 6.59. The van der Waals surface area contributed by atoms with E-state index in [0.29, 0.717) is 34.5 Å². The number of rotatable bonds is 8. The van der Waals surface area contributed by atoms with Gasteiger partial charge < -0.3 is 33.2 Å². The van der Waals surface area contributed by atoms with E-state index in [0.717, 1.165) is 24.0 Å². The van der Waals surface area contributed by atoms with Gasteiger partial charge in [-0.1, -0.05) is 0 Å². The van der Waals surface area contributed by atoms with E-state index in [2.05, 4.69) is 0 Å². The molecule has 7 nitrogen and oxygen atoms in total. The average Bonchev–Trinajstić information content (AvgIpc) is 3.26. The Morgan fingerprint density at radius 3 is 1.14 bits per heavy atom. The molecule has 29 heavy (non-hydrogen) atoms. The summed E-state index contributed by atoms with van der Waals surface area (Å²) in [4.78, 5) is 0. The lowest BCUT2D eigenvalue weighted by molar-refractivity contribution is 0.0411. The van der Waals surface area contributed by atoms with Crippen LogP contribution in [0.2, 0.25) is 0 Å². The standard InChI is InChI=1S/C22H28O7/c1-23-17-11-21(27-5)19(25-3)9-13(17)15-7-8-16(29-15)14-10-20(26-4)22(28-6)12-18(14)24-2/h9-12,15-16H,7-8H2,1-6H3/t15-,16-/m1/s1. The highest BCUT2D eigenvalue weighted by molar-refractivity contribution is 5.53. The van der Waals surface area contributed by atoms with Crippen molar-refractivity contribution in [1.29, 1.82) is 0 Å². The summed E-state index contributed by atoms with van der Waals surface area (Å²) in [5, 5.41) is 0. The lowest BCUT2D eigenvalue weighted by Gasteiger charge is -2.21. The minimum Gasteiger partial charge on any atom is -0.496 e. The SMILES string of the molecule is COc1cc(OC)c([C@H]2CC[C@H](c3cc(OC)c(OC)cc3OC)O2)cc1OC. The van der Waals surface area contributed by atoms with Crippen LogP contribution in [0.25, 0.3) is 0 Å². The molecule has 0 radical (unpaired) electrons. The summed E-state index contributed by atoms with van der Waals surface area (Å²) in [6.45, 7) is 0. The Labute approximate surface area is 171 Å². The average molecular weight is 404 g/mol. The highest BCUT2D eigenvalue weighted by Crippen LogP contribution is 2.49. The summed E-state index contributed by atoms with van der Waals surface area (Å²) in [7, 11) is 9.69. The molecular weight excluding hydrogens is 376 g/mol. The zero-order chi connectivity index (χ0) is 21.0. The second-order valence-corrected chi connectivity index (χ2v) is 6.59. The Hall–Kier alpha value is -2.80. The van der Waals surface area contributed by atoms with Gasteiger partial charge in [-0.25, -0.2) is 0 Å². The van der Waals surface area contributed by atoms with Crippen molar-refractivity contribution in [2.24, 2.45) is 0 Å². The van der Waals surface area contributed by atoms with E-state index in [-0.39, 0.29) is 12.2 Å². The lowest BCUT2D eigenvalue weighted by Crippen LogP contribution is -2.05. The van der Waals surface area contributed by atoms with Gasteiger partial charge in [-0.15, -0.1) is 0 Å². The van der Waals surface area contributed by atoms with Gasteiger partial charge >= 0.3 is 0 Å². The van der Waals surface area contributed by atoms with Crippen molar-refractivity contribution >= 4 is 0 Å². The van der Waals surface area contributed by atoms with E-state index in [1.807, 2.05) is 24.3 Å². The van der Waals surface area contributed by atoms with E-state index in [1.54, 1.807) is 42.7 Å². The summed E-state index contributed by atoms with van der Waals surface area (Å²) in [6, 6.07) is 7.47. The minimum atomic E-state index is -0.146. The van der Waals surface area contributed by atoms with Gasteiger partial charge in [0.15, 0.2) is 23.0 Å². The maximum atomic E-state index is 6.41. The molecule has 7 heteroatoms. The highest BCUT2D eigenvalue weighted by Gasteiger charge is 2.33. The van der Waals surface area contributed by atoms with Gasteiger partial charge in [-0.3, -0.25) is 0 Å². The molecule has 1 fully saturated rings. The lowest BCUT2D eigenvalue weighted by atomic mass is 10.0. The fraction of sp³-hybridized carbons (Fsp3) is 0.455. The number of methoxy groups -OCH3 is 6. The summed E-state index contributed by atoms with van der Waals surface area (Å²) >= 11 is 0. The largest absolute Gasteiger partial charge is 0.496 e. The van der Waals surface area contributed by atoms with E-state index >= 15 is 0 Å². The molecular formula is C22H28O7. The van der Waals surface area contributed by atoms with Crippen molar-refractivity contribution in [1.82, 2.24) is 0 Å². The molecule has 158 valence electrons. The van der Waals surface area contributed by atoms with Gasteiger partial charge in [-0.2, -0.15) is 0 Å². The van der Waals surface area contributed by atoms with Crippen LogP contribution < -0.4 is 28.4 Å². The fourth-order valence-corrected chi connectivity index (χ4v) is 3.70. The molecule has 0 bridgehead atoms.